The molecule has 23 heavy (non-hydrogen) atoms. The molecular weight excluding hydrogens is 376 g/mol. The van der Waals surface area contributed by atoms with Crippen LogP contribution in [0.15, 0.2) is 59.2 Å². The fraction of sp³-hybridized carbons (Fsp3) is 0.0588. The highest BCUT2D eigenvalue weighted by Gasteiger charge is 2.04. The summed E-state index contributed by atoms with van der Waals surface area (Å²) >= 11 is 9.53. The second-order valence-corrected chi connectivity index (χ2v) is 6.30. The predicted molar refractivity (Wildman–Crippen MR) is 98.9 cm³/mol. The monoisotopic (exact) mass is 388 g/mol. The summed E-state index contributed by atoms with van der Waals surface area (Å²) in [5, 5.41) is 7.08. The van der Waals surface area contributed by atoms with E-state index < -0.39 is 0 Å². The summed E-state index contributed by atoms with van der Waals surface area (Å²) in [5.74, 6) is 1.20. The van der Waals surface area contributed by atoms with Crippen molar-refractivity contribution in [1.29, 1.82) is 0 Å². The lowest BCUT2D eigenvalue weighted by atomic mass is 10.2. The molecule has 0 fully saturated rings. The molecule has 0 bridgehead atoms. The number of benzene rings is 2. The molecule has 6 heteroatoms. The number of aryl methyl sites for hydroxylation is 1. The molecule has 116 valence electrons. The lowest BCUT2D eigenvalue weighted by Crippen LogP contribution is -2.00. The van der Waals surface area contributed by atoms with Crippen molar-refractivity contribution in [2.45, 2.75) is 6.92 Å². The van der Waals surface area contributed by atoms with Crippen molar-refractivity contribution in [2.75, 3.05) is 10.6 Å². The Bertz CT molecular complexity index is 838. The summed E-state index contributed by atoms with van der Waals surface area (Å²) in [6.07, 6.45) is 1.70. The molecule has 0 saturated heterocycles. The van der Waals surface area contributed by atoms with Gasteiger partial charge in [-0.2, -0.15) is 4.98 Å². The zero-order valence-electron chi connectivity index (χ0n) is 12.3. The molecule has 1 heterocycles. The number of hydrogen-bond donors (Lipinski definition) is 2. The first-order valence-electron chi connectivity index (χ1n) is 6.99. The number of anilines is 4. The highest BCUT2D eigenvalue weighted by Crippen LogP contribution is 2.26. The van der Waals surface area contributed by atoms with E-state index in [-0.39, 0.29) is 0 Å². The second kappa shape index (κ2) is 6.98. The van der Waals surface area contributed by atoms with Gasteiger partial charge in [-0.15, -0.1) is 0 Å². The van der Waals surface area contributed by atoms with E-state index in [4.69, 9.17) is 11.6 Å². The van der Waals surface area contributed by atoms with Crippen LogP contribution in [0.3, 0.4) is 0 Å². The lowest BCUT2D eigenvalue weighted by Gasteiger charge is -2.10. The van der Waals surface area contributed by atoms with Crippen molar-refractivity contribution in [3.8, 4) is 0 Å². The average Bonchev–Trinajstić information content (AvgIpc) is 2.51. The Morgan fingerprint density at radius 2 is 1.91 bits per heavy atom. The lowest BCUT2D eigenvalue weighted by molar-refractivity contribution is 1.16. The zero-order valence-corrected chi connectivity index (χ0v) is 14.7. The molecule has 4 nitrogen and oxygen atoms in total. The molecule has 0 aliphatic heterocycles. The summed E-state index contributed by atoms with van der Waals surface area (Å²) in [5.41, 5.74) is 2.97. The second-order valence-electron chi connectivity index (χ2n) is 5.01. The Hall–Kier alpha value is -2.11. The Labute approximate surface area is 148 Å². The van der Waals surface area contributed by atoms with Crippen molar-refractivity contribution < 1.29 is 0 Å². The first kappa shape index (κ1) is 15.8. The Balaban J connectivity index is 1.79. The number of aromatic nitrogens is 2. The standard InChI is InChI=1S/C17H14BrClN4/c1-11-5-6-15(14(18)9-11)22-17-20-8-7-16(23-17)21-13-4-2-3-12(19)10-13/h2-10H,1H3,(H2,20,21,22,23). The minimum Gasteiger partial charge on any atom is -0.340 e. The first-order valence-corrected chi connectivity index (χ1v) is 8.16. The number of hydrogen-bond acceptors (Lipinski definition) is 4. The van der Waals surface area contributed by atoms with Gasteiger partial charge in [0.25, 0.3) is 0 Å². The Morgan fingerprint density at radius 3 is 2.70 bits per heavy atom. The third-order valence-electron chi connectivity index (χ3n) is 3.12. The molecule has 0 radical (unpaired) electrons. The quantitative estimate of drug-likeness (QED) is 0.602. The van der Waals surface area contributed by atoms with E-state index in [1.54, 1.807) is 12.3 Å². The summed E-state index contributed by atoms with van der Waals surface area (Å²) in [6.45, 7) is 2.04. The highest BCUT2D eigenvalue weighted by molar-refractivity contribution is 9.10. The van der Waals surface area contributed by atoms with Gasteiger partial charge in [0.15, 0.2) is 0 Å². The van der Waals surface area contributed by atoms with E-state index in [1.807, 2.05) is 49.4 Å². The van der Waals surface area contributed by atoms with Crippen molar-refractivity contribution in [3.63, 3.8) is 0 Å². The van der Waals surface area contributed by atoms with E-state index in [2.05, 4.69) is 36.5 Å². The molecule has 2 N–H and O–H groups in total. The summed E-state index contributed by atoms with van der Waals surface area (Å²) in [4.78, 5) is 8.71. The van der Waals surface area contributed by atoms with Crippen LogP contribution in [0.2, 0.25) is 5.02 Å². The van der Waals surface area contributed by atoms with E-state index in [0.717, 1.165) is 15.8 Å². The first-order chi connectivity index (χ1) is 11.1. The third kappa shape index (κ3) is 4.21. The summed E-state index contributed by atoms with van der Waals surface area (Å²) in [7, 11) is 0. The summed E-state index contributed by atoms with van der Waals surface area (Å²) < 4.78 is 0.967. The van der Waals surface area contributed by atoms with Crippen LogP contribution < -0.4 is 10.6 Å². The maximum absolute atomic E-state index is 5.99. The zero-order chi connectivity index (χ0) is 16.2. The van der Waals surface area contributed by atoms with Crippen LogP contribution in [0.1, 0.15) is 5.56 Å². The van der Waals surface area contributed by atoms with Gasteiger partial charge in [0.05, 0.1) is 5.69 Å². The van der Waals surface area contributed by atoms with Crippen LogP contribution >= 0.6 is 27.5 Å². The van der Waals surface area contributed by atoms with Gasteiger partial charge >= 0.3 is 0 Å². The molecule has 2 aromatic carbocycles. The molecule has 0 saturated carbocycles. The Morgan fingerprint density at radius 1 is 1.04 bits per heavy atom. The molecule has 1 aromatic heterocycles. The van der Waals surface area contributed by atoms with Gasteiger partial charge < -0.3 is 10.6 Å². The largest absolute Gasteiger partial charge is 0.340 e. The normalized spacial score (nSPS) is 10.4. The van der Waals surface area contributed by atoms with E-state index in [0.29, 0.717) is 16.8 Å². The van der Waals surface area contributed by atoms with Crippen LogP contribution in [-0.2, 0) is 0 Å². The topological polar surface area (TPSA) is 49.8 Å². The maximum atomic E-state index is 5.99. The molecule has 0 aliphatic carbocycles. The van der Waals surface area contributed by atoms with Gasteiger partial charge in [-0.05, 0) is 64.8 Å². The summed E-state index contributed by atoms with van der Waals surface area (Å²) in [6, 6.07) is 15.3. The molecule has 0 unspecified atom stereocenters. The van der Waals surface area contributed by atoms with Gasteiger partial charge in [0, 0.05) is 21.4 Å². The van der Waals surface area contributed by atoms with Crippen molar-refractivity contribution in [1.82, 2.24) is 9.97 Å². The minimum absolute atomic E-state index is 0.515. The fourth-order valence-electron chi connectivity index (χ4n) is 2.04. The number of rotatable bonds is 4. The number of halogens is 2. The Kier molecular flexibility index (Phi) is 4.79. The van der Waals surface area contributed by atoms with Gasteiger partial charge in [0.2, 0.25) is 5.95 Å². The molecule has 3 aromatic rings. The molecule has 3 rings (SSSR count). The smallest absolute Gasteiger partial charge is 0.229 e. The molecule has 0 spiro atoms. The highest BCUT2D eigenvalue weighted by atomic mass is 79.9. The van der Waals surface area contributed by atoms with Crippen LogP contribution in [0.25, 0.3) is 0 Å². The fourth-order valence-corrected chi connectivity index (χ4v) is 2.83. The van der Waals surface area contributed by atoms with Crippen molar-refractivity contribution in [3.05, 3.63) is 69.8 Å². The average molecular weight is 390 g/mol. The van der Waals surface area contributed by atoms with Gasteiger partial charge in [-0.3, -0.25) is 0 Å². The van der Waals surface area contributed by atoms with Crippen molar-refractivity contribution >= 4 is 50.7 Å². The van der Waals surface area contributed by atoms with Gasteiger partial charge in [0.1, 0.15) is 5.82 Å². The van der Waals surface area contributed by atoms with Crippen molar-refractivity contribution in [2.24, 2.45) is 0 Å². The minimum atomic E-state index is 0.515. The van der Waals surface area contributed by atoms with Gasteiger partial charge in [-0.1, -0.05) is 23.7 Å². The SMILES string of the molecule is Cc1ccc(Nc2nccc(Nc3cccc(Cl)c3)n2)c(Br)c1. The molecule has 0 atom stereocenters. The predicted octanol–water partition coefficient (Wildman–Crippen LogP) is 5.69. The molecule has 0 amide bonds. The van der Waals surface area contributed by atoms with Crippen LogP contribution in [0, 0.1) is 6.92 Å². The molecule has 0 aliphatic rings. The molecular formula is C17H14BrClN4. The van der Waals surface area contributed by atoms with E-state index in [1.165, 1.54) is 5.56 Å². The van der Waals surface area contributed by atoms with Gasteiger partial charge in [-0.25, -0.2) is 4.98 Å². The van der Waals surface area contributed by atoms with Crippen LogP contribution in [-0.4, -0.2) is 9.97 Å². The third-order valence-corrected chi connectivity index (χ3v) is 4.01. The van der Waals surface area contributed by atoms with Crippen LogP contribution in [0.5, 0.6) is 0 Å². The maximum Gasteiger partial charge on any atom is 0.229 e. The van der Waals surface area contributed by atoms with E-state index >= 15 is 0 Å². The number of nitrogens with zero attached hydrogens (tertiary/aromatic N) is 2. The number of nitrogens with one attached hydrogen (secondary N) is 2. The van der Waals surface area contributed by atoms with E-state index in [9.17, 15) is 0 Å². The van der Waals surface area contributed by atoms with Crippen LogP contribution in [0.4, 0.5) is 23.1 Å².